The summed E-state index contributed by atoms with van der Waals surface area (Å²) in [6, 6.07) is 10.0. The fraction of sp³-hybridized carbons (Fsp3) is 0.452. The molecule has 2 aromatic carbocycles. The molecule has 0 aliphatic carbocycles. The lowest BCUT2D eigenvalue weighted by Crippen LogP contribution is -2.55. The molecule has 0 spiro atoms. The molecule has 212 valence electrons. The molecule has 3 N–H and O–H groups in total. The van der Waals surface area contributed by atoms with Crippen LogP contribution in [0.4, 0.5) is 4.79 Å². The molecule has 3 amide bonds. The molecule has 8 nitrogen and oxygen atoms in total. The second-order valence-corrected chi connectivity index (χ2v) is 11.8. The Balaban J connectivity index is 2.58. The number of rotatable bonds is 9. The van der Waals surface area contributed by atoms with Gasteiger partial charge in [-0.1, -0.05) is 36.4 Å². The maximum absolute atomic E-state index is 14.2. The lowest BCUT2D eigenvalue weighted by Gasteiger charge is -2.35. The Morgan fingerprint density at radius 2 is 1.62 bits per heavy atom. The third-order valence-electron chi connectivity index (χ3n) is 5.88. The minimum atomic E-state index is -1.05. The van der Waals surface area contributed by atoms with Crippen LogP contribution >= 0.6 is 0 Å². The van der Waals surface area contributed by atoms with E-state index in [1.54, 1.807) is 39.0 Å². The number of benzene rings is 2. The number of amides is 3. The van der Waals surface area contributed by atoms with E-state index in [0.29, 0.717) is 11.1 Å². The van der Waals surface area contributed by atoms with Gasteiger partial charge in [0.15, 0.2) is 0 Å². The third kappa shape index (κ3) is 9.78. The molecule has 0 radical (unpaired) electrons. The molecule has 2 unspecified atom stereocenters. The highest BCUT2D eigenvalue weighted by molar-refractivity contribution is 5.92. The molecule has 2 aromatic rings. The van der Waals surface area contributed by atoms with Gasteiger partial charge in [0, 0.05) is 18.5 Å². The van der Waals surface area contributed by atoms with E-state index in [2.05, 4.69) is 17.2 Å². The molecule has 0 bridgehead atoms. The largest absolute Gasteiger partial charge is 0.508 e. The standard InChI is InChI=1S/C31H43N3O5/c1-10-17-34(26(27(36)33-30(4,5)6)23-14-11-20(2)21(3)18-23)28(37)25(32-29(38)39-31(7,8)9)19-22-12-15-24(35)16-13-22/h10-16,18,25-26,35H,1,17,19H2,2-9H3,(H,32,38)(H,33,36). The number of phenolic OH excluding ortho intramolecular Hbond substituents is 1. The summed E-state index contributed by atoms with van der Waals surface area (Å²) in [6.45, 7) is 18.7. The Labute approximate surface area is 232 Å². The molecule has 0 fully saturated rings. The number of alkyl carbamates (subject to hydrolysis) is 1. The predicted octanol–water partition coefficient (Wildman–Crippen LogP) is 5.12. The Morgan fingerprint density at radius 3 is 2.13 bits per heavy atom. The number of phenols is 1. The molecule has 2 atom stereocenters. The number of hydrogen-bond donors (Lipinski definition) is 3. The number of carbonyl (C=O) groups is 3. The number of carbonyl (C=O) groups excluding carboxylic acids is 3. The monoisotopic (exact) mass is 537 g/mol. The fourth-order valence-corrected chi connectivity index (χ4v) is 4.03. The van der Waals surface area contributed by atoms with Gasteiger partial charge in [-0.05, 0) is 89.8 Å². The second kappa shape index (κ2) is 12.8. The summed E-state index contributed by atoms with van der Waals surface area (Å²) in [4.78, 5) is 42.2. The molecule has 0 aromatic heterocycles. The molecule has 39 heavy (non-hydrogen) atoms. The summed E-state index contributed by atoms with van der Waals surface area (Å²) in [5, 5.41) is 15.4. The summed E-state index contributed by atoms with van der Waals surface area (Å²) < 4.78 is 5.44. The van der Waals surface area contributed by atoms with E-state index in [-0.39, 0.29) is 24.6 Å². The third-order valence-corrected chi connectivity index (χ3v) is 5.88. The van der Waals surface area contributed by atoms with E-state index in [0.717, 1.165) is 11.1 Å². The van der Waals surface area contributed by atoms with Gasteiger partial charge in [0.25, 0.3) is 0 Å². The predicted molar refractivity (Wildman–Crippen MR) is 153 cm³/mol. The van der Waals surface area contributed by atoms with Crippen LogP contribution in [0.2, 0.25) is 0 Å². The highest BCUT2D eigenvalue weighted by Gasteiger charge is 2.37. The quantitative estimate of drug-likeness (QED) is 0.385. The zero-order valence-electron chi connectivity index (χ0n) is 24.4. The van der Waals surface area contributed by atoms with Gasteiger partial charge in [-0.3, -0.25) is 9.59 Å². The molecule has 0 saturated carbocycles. The van der Waals surface area contributed by atoms with E-state index in [9.17, 15) is 19.5 Å². The van der Waals surface area contributed by atoms with Crippen LogP contribution in [0.15, 0.2) is 55.1 Å². The molecule has 2 rings (SSSR count). The first kappa shape index (κ1) is 31.4. The van der Waals surface area contributed by atoms with Gasteiger partial charge >= 0.3 is 6.09 Å². The SMILES string of the molecule is C=CCN(C(=O)C(Cc1ccc(O)cc1)NC(=O)OC(C)(C)C)C(C(=O)NC(C)(C)C)c1ccc(C)c(C)c1. The maximum atomic E-state index is 14.2. The van der Waals surface area contributed by atoms with Crippen molar-refractivity contribution in [2.45, 2.75) is 85.0 Å². The van der Waals surface area contributed by atoms with Gasteiger partial charge in [0.2, 0.25) is 11.8 Å². The van der Waals surface area contributed by atoms with Crippen LogP contribution < -0.4 is 10.6 Å². The molecule has 0 saturated heterocycles. The van der Waals surface area contributed by atoms with Crippen molar-refractivity contribution in [3.05, 3.63) is 77.4 Å². The summed E-state index contributed by atoms with van der Waals surface area (Å²) in [5.41, 5.74) is 2.09. The van der Waals surface area contributed by atoms with E-state index in [1.807, 2.05) is 52.8 Å². The van der Waals surface area contributed by atoms with Gasteiger partial charge < -0.3 is 25.4 Å². The Morgan fingerprint density at radius 1 is 1.00 bits per heavy atom. The second-order valence-electron chi connectivity index (χ2n) is 11.8. The fourth-order valence-electron chi connectivity index (χ4n) is 4.03. The van der Waals surface area contributed by atoms with Crippen molar-refractivity contribution in [2.75, 3.05) is 6.54 Å². The first-order valence-electron chi connectivity index (χ1n) is 13.1. The van der Waals surface area contributed by atoms with Crippen molar-refractivity contribution < 1.29 is 24.2 Å². The number of hydrogen-bond acceptors (Lipinski definition) is 5. The van der Waals surface area contributed by atoms with Gasteiger partial charge in [-0.15, -0.1) is 6.58 Å². The Bertz CT molecular complexity index is 1180. The summed E-state index contributed by atoms with van der Waals surface area (Å²) in [5.74, 6) is -0.730. The first-order chi connectivity index (χ1) is 18.0. The average molecular weight is 538 g/mol. The van der Waals surface area contributed by atoms with Crippen LogP contribution in [0.5, 0.6) is 5.75 Å². The van der Waals surface area contributed by atoms with Crippen LogP contribution in [0.1, 0.15) is 69.8 Å². The Kier molecular flexibility index (Phi) is 10.3. The van der Waals surface area contributed by atoms with Crippen LogP contribution in [-0.2, 0) is 20.7 Å². The zero-order chi connectivity index (χ0) is 29.5. The van der Waals surface area contributed by atoms with Crippen LogP contribution in [0.3, 0.4) is 0 Å². The summed E-state index contributed by atoms with van der Waals surface area (Å²) in [6.07, 6.45) is 0.925. The van der Waals surface area contributed by atoms with E-state index >= 15 is 0 Å². The van der Waals surface area contributed by atoms with Crippen LogP contribution in [-0.4, -0.2) is 51.6 Å². The summed E-state index contributed by atoms with van der Waals surface area (Å²) >= 11 is 0. The molecular formula is C31H43N3O5. The van der Waals surface area contributed by atoms with Crippen molar-refractivity contribution in [1.29, 1.82) is 0 Å². The van der Waals surface area contributed by atoms with Crippen molar-refractivity contribution in [3.63, 3.8) is 0 Å². The molecular weight excluding hydrogens is 494 g/mol. The molecule has 0 heterocycles. The average Bonchev–Trinajstić information content (AvgIpc) is 2.79. The maximum Gasteiger partial charge on any atom is 0.408 e. The lowest BCUT2D eigenvalue weighted by molar-refractivity contribution is -0.142. The van der Waals surface area contributed by atoms with Crippen LogP contribution in [0.25, 0.3) is 0 Å². The number of nitrogens with one attached hydrogen (secondary N) is 2. The first-order valence-corrected chi connectivity index (χ1v) is 13.1. The number of nitrogens with zero attached hydrogens (tertiary/aromatic N) is 1. The van der Waals surface area contributed by atoms with Crippen LogP contribution in [0, 0.1) is 13.8 Å². The normalized spacial score (nSPS) is 13.1. The highest BCUT2D eigenvalue weighted by atomic mass is 16.6. The zero-order valence-corrected chi connectivity index (χ0v) is 24.4. The van der Waals surface area contributed by atoms with Crippen molar-refractivity contribution in [3.8, 4) is 5.75 Å². The Hall–Kier alpha value is -3.81. The lowest BCUT2D eigenvalue weighted by atomic mass is 9.96. The summed E-state index contributed by atoms with van der Waals surface area (Å²) in [7, 11) is 0. The molecule has 8 heteroatoms. The molecule has 0 aliphatic rings. The number of aryl methyl sites for hydroxylation is 2. The van der Waals surface area contributed by atoms with Gasteiger partial charge in [-0.2, -0.15) is 0 Å². The minimum absolute atomic E-state index is 0.0655. The topological polar surface area (TPSA) is 108 Å². The smallest absolute Gasteiger partial charge is 0.408 e. The number of aromatic hydroxyl groups is 1. The van der Waals surface area contributed by atoms with Crippen molar-refractivity contribution in [2.24, 2.45) is 0 Å². The highest BCUT2D eigenvalue weighted by Crippen LogP contribution is 2.26. The minimum Gasteiger partial charge on any atom is -0.508 e. The van der Waals surface area contributed by atoms with E-state index in [4.69, 9.17) is 4.74 Å². The number of ether oxygens (including phenoxy) is 1. The van der Waals surface area contributed by atoms with Gasteiger partial charge in [0.1, 0.15) is 23.4 Å². The van der Waals surface area contributed by atoms with Crippen molar-refractivity contribution >= 4 is 17.9 Å². The van der Waals surface area contributed by atoms with Gasteiger partial charge in [-0.25, -0.2) is 4.79 Å². The van der Waals surface area contributed by atoms with E-state index in [1.165, 1.54) is 17.0 Å². The van der Waals surface area contributed by atoms with Gasteiger partial charge in [0.05, 0.1) is 0 Å². The van der Waals surface area contributed by atoms with Crippen molar-refractivity contribution in [1.82, 2.24) is 15.5 Å². The van der Waals surface area contributed by atoms with E-state index < -0.39 is 35.2 Å². The molecule has 0 aliphatic heterocycles.